The fourth-order valence-corrected chi connectivity index (χ4v) is 4.63. The van der Waals surface area contributed by atoms with Crippen LogP contribution in [0.5, 0.6) is 0 Å². The molecular formula is C24H22FN5O4S. The smallest absolute Gasteiger partial charge is 0.257 e. The van der Waals surface area contributed by atoms with E-state index in [-0.39, 0.29) is 22.3 Å². The van der Waals surface area contributed by atoms with Crippen molar-refractivity contribution in [2.45, 2.75) is 10.8 Å². The number of aromatic nitrogens is 2. The van der Waals surface area contributed by atoms with E-state index in [9.17, 15) is 17.6 Å². The SMILES string of the molecule is CS(=O)(=O)c1ccc(C2C=Nc3cnc(Nc4ccc(F)c(C(=O)N5CCOCC5)c4)nc32)cc1. The minimum atomic E-state index is -3.29. The average molecular weight is 496 g/mol. The van der Waals surface area contributed by atoms with Gasteiger partial charge in [-0.15, -0.1) is 0 Å². The summed E-state index contributed by atoms with van der Waals surface area (Å²) in [6.45, 7) is 1.68. The predicted molar refractivity (Wildman–Crippen MR) is 128 cm³/mol. The summed E-state index contributed by atoms with van der Waals surface area (Å²) in [7, 11) is -3.29. The Balaban J connectivity index is 1.38. The Morgan fingerprint density at radius 1 is 1.14 bits per heavy atom. The number of halogens is 1. The maximum Gasteiger partial charge on any atom is 0.257 e. The van der Waals surface area contributed by atoms with Gasteiger partial charge in [-0.3, -0.25) is 9.79 Å². The predicted octanol–water partition coefficient (Wildman–Crippen LogP) is 3.08. The van der Waals surface area contributed by atoms with Crippen molar-refractivity contribution in [1.29, 1.82) is 0 Å². The van der Waals surface area contributed by atoms with Crippen LogP contribution < -0.4 is 5.32 Å². The van der Waals surface area contributed by atoms with Gasteiger partial charge in [-0.25, -0.2) is 22.8 Å². The molecule has 1 atom stereocenters. The molecule has 0 aliphatic carbocycles. The van der Waals surface area contributed by atoms with E-state index in [1.165, 1.54) is 18.2 Å². The molecule has 0 spiro atoms. The number of benzene rings is 2. The molecular weight excluding hydrogens is 473 g/mol. The van der Waals surface area contributed by atoms with Crippen LogP contribution in [-0.2, 0) is 14.6 Å². The third-order valence-corrected chi connectivity index (χ3v) is 7.00. The number of hydrogen-bond acceptors (Lipinski definition) is 8. The van der Waals surface area contributed by atoms with Crippen LogP contribution in [0.25, 0.3) is 0 Å². The van der Waals surface area contributed by atoms with Crippen LogP contribution in [0, 0.1) is 5.82 Å². The van der Waals surface area contributed by atoms with Crippen LogP contribution in [0.3, 0.4) is 0 Å². The van der Waals surface area contributed by atoms with Crippen molar-refractivity contribution in [3.8, 4) is 0 Å². The maximum absolute atomic E-state index is 14.4. The molecule has 1 aromatic heterocycles. The Morgan fingerprint density at radius 3 is 2.60 bits per heavy atom. The Kier molecular flexibility index (Phi) is 6.03. The summed E-state index contributed by atoms with van der Waals surface area (Å²) in [5.41, 5.74) is 2.53. The molecule has 1 amide bonds. The summed E-state index contributed by atoms with van der Waals surface area (Å²) >= 11 is 0. The lowest BCUT2D eigenvalue weighted by Gasteiger charge is -2.27. The Morgan fingerprint density at radius 2 is 1.89 bits per heavy atom. The van der Waals surface area contributed by atoms with E-state index in [1.807, 2.05) is 0 Å². The molecule has 2 aromatic carbocycles. The molecule has 3 aromatic rings. The largest absolute Gasteiger partial charge is 0.378 e. The maximum atomic E-state index is 14.4. The number of carbonyl (C=O) groups excluding carboxylic acids is 1. The summed E-state index contributed by atoms with van der Waals surface area (Å²) in [6, 6.07) is 10.8. The number of hydrogen-bond donors (Lipinski definition) is 1. The Hall–Kier alpha value is -3.70. The summed E-state index contributed by atoms with van der Waals surface area (Å²) < 4.78 is 43.2. The van der Waals surface area contributed by atoms with Crippen LogP contribution >= 0.6 is 0 Å². The highest BCUT2D eigenvalue weighted by Crippen LogP contribution is 2.35. The molecule has 0 saturated carbocycles. The monoisotopic (exact) mass is 495 g/mol. The lowest BCUT2D eigenvalue weighted by Crippen LogP contribution is -2.41. The van der Waals surface area contributed by atoms with Gasteiger partial charge in [0.1, 0.15) is 11.5 Å². The summed E-state index contributed by atoms with van der Waals surface area (Å²) in [4.78, 5) is 27.8. The Bertz CT molecular complexity index is 1420. The van der Waals surface area contributed by atoms with Crippen molar-refractivity contribution in [3.63, 3.8) is 0 Å². The van der Waals surface area contributed by atoms with E-state index in [2.05, 4.69) is 20.3 Å². The molecule has 2 aliphatic rings. The van der Waals surface area contributed by atoms with Gasteiger partial charge in [-0.2, -0.15) is 0 Å². The minimum Gasteiger partial charge on any atom is -0.378 e. The van der Waals surface area contributed by atoms with E-state index < -0.39 is 21.6 Å². The van der Waals surface area contributed by atoms with Crippen molar-refractivity contribution < 1.29 is 22.3 Å². The molecule has 1 unspecified atom stereocenters. The van der Waals surface area contributed by atoms with Crippen molar-refractivity contribution in [1.82, 2.24) is 14.9 Å². The summed E-state index contributed by atoms with van der Waals surface area (Å²) in [5.74, 6) is -1.000. The van der Waals surface area contributed by atoms with E-state index in [4.69, 9.17) is 4.74 Å². The fourth-order valence-electron chi connectivity index (χ4n) is 4.00. The first-order valence-corrected chi connectivity index (χ1v) is 12.8. The molecule has 9 nitrogen and oxygen atoms in total. The number of sulfone groups is 1. The molecule has 1 fully saturated rings. The van der Waals surface area contributed by atoms with Gasteiger partial charge in [-0.05, 0) is 35.9 Å². The standard InChI is InChI=1S/C24H22FN5O4S/c1-35(32,33)17-5-2-15(3-6-17)19-13-26-21-14-27-24(29-22(19)21)28-16-4-7-20(25)18(12-16)23(31)30-8-10-34-11-9-30/h2-7,12-14,19H,8-11H2,1H3,(H,27,28,29). The highest BCUT2D eigenvalue weighted by Gasteiger charge is 2.25. The number of ether oxygens (including phenoxy) is 1. The van der Waals surface area contributed by atoms with Gasteiger partial charge in [0.15, 0.2) is 9.84 Å². The first kappa shape index (κ1) is 23.1. The quantitative estimate of drug-likeness (QED) is 0.579. The van der Waals surface area contributed by atoms with Gasteiger partial charge in [0.25, 0.3) is 5.91 Å². The van der Waals surface area contributed by atoms with Gasteiger partial charge in [0, 0.05) is 31.2 Å². The highest BCUT2D eigenvalue weighted by atomic mass is 32.2. The van der Waals surface area contributed by atoms with Gasteiger partial charge < -0.3 is 15.0 Å². The number of aliphatic imine (C=N–C) groups is 1. The molecule has 1 saturated heterocycles. The molecule has 5 rings (SSSR count). The number of fused-ring (bicyclic) bond motifs is 1. The molecule has 11 heteroatoms. The van der Waals surface area contributed by atoms with E-state index >= 15 is 0 Å². The minimum absolute atomic E-state index is 0.0368. The first-order valence-electron chi connectivity index (χ1n) is 10.9. The third-order valence-electron chi connectivity index (χ3n) is 5.87. The van der Waals surface area contributed by atoms with Gasteiger partial charge in [0.05, 0.1) is 41.5 Å². The summed E-state index contributed by atoms with van der Waals surface area (Å²) in [6.07, 6.45) is 4.47. The number of carbonyl (C=O) groups is 1. The molecule has 0 radical (unpaired) electrons. The lowest BCUT2D eigenvalue weighted by atomic mass is 9.98. The van der Waals surface area contributed by atoms with Crippen LogP contribution in [-0.4, -0.2) is 68.0 Å². The number of rotatable bonds is 5. The second-order valence-electron chi connectivity index (χ2n) is 8.29. The Labute approximate surface area is 201 Å². The number of anilines is 2. The number of nitrogens with zero attached hydrogens (tertiary/aromatic N) is 4. The second-order valence-corrected chi connectivity index (χ2v) is 10.3. The van der Waals surface area contributed by atoms with Crippen LogP contribution in [0.4, 0.5) is 21.7 Å². The zero-order valence-corrected chi connectivity index (χ0v) is 19.6. The number of amides is 1. The molecule has 1 N–H and O–H groups in total. The zero-order chi connectivity index (χ0) is 24.6. The lowest BCUT2D eigenvalue weighted by molar-refractivity contribution is 0.0300. The first-order chi connectivity index (χ1) is 16.8. The van der Waals surface area contributed by atoms with E-state index in [1.54, 1.807) is 41.6 Å². The highest BCUT2D eigenvalue weighted by molar-refractivity contribution is 7.90. The van der Waals surface area contributed by atoms with Crippen LogP contribution in [0.2, 0.25) is 0 Å². The molecule has 180 valence electrons. The zero-order valence-electron chi connectivity index (χ0n) is 18.8. The topological polar surface area (TPSA) is 114 Å². The van der Waals surface area contributed by atoms with Gasteiger partial charge in [-0.1, -0.05) is 12.1 Å². The van der Waals surface area contributed by atoms with Gasteiger partial charge >= 0.3 is 0 Å². The van der Waals surface area contributed by atoms with Crippen LogP contribution in [0.15, 0.2) is 58.5 Å². The van der Waals surface area contributed by atoms with Crippen molar-refractivity contribution in [2.24, 2.45) is 4.99 Å². The van der Waals surface area contributed by atoms with Crippen LogP contribution in [0.1, 0.15) is 27.5 Å². The normalized spacial score (nSPS) is 17.3. The van der Waals surface area contributed by atoms with Crippen molar-refractivity contribution >= 4 is 39.3 Å². The average Bonchev–Trinajstić information content (AvgIpc) is 3.28. The molecule has 0 bridgehead atoms. The van der Waals surface area contributed by atoms with E-state index in [0.717, 1.165) is 11.8 Å². The molecule has 3 heterocycles. The van der Waals surface area contributed by atoms with E-state index in [0.29, 0.717) is 43.4 Å². The molecule has 35 heavy (non-hydrogen) atoms. The van der Waals surface area contributed by atoms with Gasteiger partial charge in [0.2, 0.25) is 5.95 Å². The summed E-state index contributed by atoms with van der Waals surface area (Å²) in [5, 5.41) is 3.04. The number of morpholine rings is 1. The van der Waals surface area contributed by atoms with Crippen molar-refractivity contribution in [2.75, 3.05) is 37.9 Å². The third kappa shape index (κ3) is 4.77. The second kappa shape index (κ2) is 9.16. The number of nitrogens with one attached hydrogen (secondary N) is 1. The fraction of sp³-hybridized carbons (Fsp3) is 0.250. The van der Waals surface area contributed by atoms with Crippen molar-refractivity contribution in [3.05, 3.63) is 71.3 Å². The molecule has 2 aliphatic heterocycles.